The number of piperidine rings is 1. The normalized spacial score (nSPS) is 22.5. The van der Waals surface area contributed by atoms with Gasteiger partial charge in [0, 0.05) is 19.5 Å². The number of amides is 1. The van der Waals surface area contributed by atoms with Crippen LogP contribution in [-0.2, 0) is 9.59 Å². The van der Waals surface area contributed by atoms with Gasteiger partial charge in [0.1, 0.15) is 0 Å². The van der Waals surface area contributed by atoms with Crippen LogP contribution < -0.4 is 0 Å². The minimum atomic E-state index is -0.0283. The molecule has 3 heteroatoms. The van der Waals surface area contributed by atoms with E-state index in [9.17, 15) is 9.59 Å². The van der Waals surface area contributed by atoms with Crippen molar-refractivity contribution in [3.63, 3.8) is 0 Å². The lowest BCUT2D eigenvalue weighted by Gasteiger charge is -2.28. The van der Waals surface area contributed by atoms with Crippen LogP contribution in [0, 0.1) is 0 Å². The summed E-state index contributed by atoms with van der Waals surface area (Å²) in [5, 5.41) is 0. The Hall–Kier alpha value is -1.12. The van der Waals surface area contributed by atoms with Crippen molar-refractivity contribution in [3.8, 4) is 0 Å². The van der Waals surface area contributed by atoms with E-state index < -0.39 is 0 Å². The van der Waals surface area contributed by atoms with Gasteiger partial charge in [-0.2, -0.15) is 0 Å². The topological polar surface area (TPSA) is 37.4 Å². The number of nitrogens with zero attached hydrogens (tertiary/aromatic N) is 1. The molecule has 82 valence electrons. The van der Waals surface area contributed by atoms with Gasteiger partial charge in [0.15, 0.2) is 5.78 Å². The van der Waals surface area contributed by atoms with Gasteiger partial charge in [-0.1, -0.05) is 6.08 Å². The van der Waals surface area contributed by atoms with Crippen LogP contribution in [-0.4, -0.2) is 29.7 Å². The Morgan fingerprint density at radius 3 is 2.53 bits per heavy atom. The third-order valence-electron chi connectivity index (χ3n) is 3.13. The summed E-state index contributed by atoms with van der Waals surface area (Å²) < 4.78 is 0. The first-order chi connectivity index (χ1) is 7.29. The Morgan fingerprint density at radius 2 is 1.87 bits per heavy atom. The number of carbonyl (C=O) groups is 2. The number of carbonyl (C=O) groups excluding carboxylic acids is 2. The highest BCUT2D eigenvalue weighted by Gasteiger charge is 2.25. The Labute approximate surface area is 90.1 Å². The van der Waals surface area contributed by atoms with Gasteiger partial charge in [0.05, 0.1) is 5.57 Å². The summed E-state index contributed by atoms with van der Waals surface area (Å²) in [6.07, 6.45) is 7.50. The van der Waals surface area contributed by atoms with Gasteiger partial charge in [-0.3, -0.25) is 9.59 Å². The number of ketones is 1. The summed E-state index contributed by atoms with van der Waals surface area (Å²) in [6, 6.07) is 0. The maximum absolute atomic E-state index is 12.0. The van der Waals surface area contributed by atoms with E-state index in [4.69, 9.17) is 0 Å². The molecule has 15 heavy (non-hydrogen) atoms. The van der Waals surface area contributed by atoms with Crippen LogP contribution in [0.1, 0.15) is 38.5 Å². The van der Waals surface area contributed by atoms with Crippen LogP contribution in [0.3, 0.4) is 0 Å². The van der Waals surface area contributed by atoms with Crippen LogP contribution in [0.25, 0.3) is 0 Å². The molecule has 2 rings (SSSR count). The summed E-state index contributed by atoms with van der Waals surface area (Å²) >= 11 is 0. The molecule has 0 bridgehead atoms. The third kappa shape index (κ3) is 2.28. The molecule has 0 saturated carbocycles. The molecule has 0 atom stereocenters. The van der Waals surface area contributed by atoms with Crippen molar-refractivity contribution in [2.24, 2.45) is 0 Å². The highest BCUT2D eigenvalue weighted by atomic mass is 16.2. The minimum absolute atomic E-state index is 0.0283. The molecule has 2 aliphatic rings. The summed E-state index contributed by atoms with van der Waals surface area (Å²) in [7, 11) is 0. The van der Waals surface area contributed by atoms with E-state index in [1.54, 1.807) is 0 Å². The number of hydrogen-bond donors (Lipinski definition) is 0. The van der Waals surface area contributed by atoms with Crippen molar-refractivity contribution < 1.29 is 9.59 Å². The second-order valence-electron chi connectivity index (χ2n) is 4.29. The molecule has 0 radical (unpaired) electrons. The summed E-state index contributed by atoms with van der Waals surface area (Å²) in [5.74, 6) is 0.0104. The largest absolute Gasteiger partial charge is 0.339 e. The number of rotatable bonds is 1. The average Bonchev–Trinajstić information content (AvgIpc) is 2.30. The maximum atomic E-state index is 12.0. The zero-order valence-corrected chi connectivity index (χ0v) is 9.00. The van der Waals surface area contributed by atoms with E-state index in [0.717, 1.165) is 38.8 Å². The monoisotopic (exact) mass is 207 g/mol. The molecule has 0 N–H and O–H groups in total. The second-order valence-corrected chi connectivity index (χ2v) is 4.29. The standard InChI is InChI=1S/C12H17NO2/c14-11-7-3-2-6-10(11)12(15)13-8-4-1-5-9-13/h6H,1-5,7-9H2. The average molecular weight is 207 g/mol. The highest BCUT2D eigenvalue weighted by Crippen LogP contribution is 2.18. The predicted octanol–water partition coefficient (Wildman–Crippen LogP) is 1.68. The van der Waals surface area contributed by atoms with Crippen LogP contribution in [0.5, 0.6) is 0 Å². The molecular formula is C12H17NO2. The summed E-state index contributed by atoms with van der Waals surface area (Å²) in [5.41, 5.74) is 0.447. The molecule has 0 spiro atoms. The summed E-state index contributed by atoms with van der Waals surface area (Å²) in [6.45, 7) is 1.65. The number of hydrogen-bond acceptors (Lipinski definition) is 2. The van der Waals surface area contributed by atoms with Crippen LogP contribution >= 0.6 is 0 Å². The first-order valence-corrected chi connectivity index (χ1v) is 5.81. The van der Waals surface area contributed by atoms with Gasteiger partial charge in [0.2, 0.25) is 0 Å². The molecular weight excluding hydrogens is 190 g/mol. The highest BCUT2D eigenvalue weighted by molar-refractivity contribution is 6.19. The molecule has 0 aromatic rings. The fraction of sp³-hybridized carbons (Fsp3) is 0.667. The molecule has 0 aromatic heterocycles. The molecule has 0 aromatic carbocycles. The van der Waals surface area contributed by atoms with E-state index in [0.29, 0.717) is 12.0 Å². The van der Waals surface area contributed by atoms with E-state index in [-0.39, 0.29) is 11.7 Å². The molecule has 1 fully saturated rings. The lowest BCUT2D eigenvalue weighted by atomic mass is 9.96. The molecule has 1 saturated heterocycles. The zero-order chi connectivity index (χ0) is 10.7. The van der Waals surface area contributed by atoms with E-state index >= 15 is 0 Å². The fourth-order valence-corrected chi connectivity index (χ4v) is 2.23. The summed E-state index contributed by atoms with van der Waals surface area (Å²) in [4.78, 5) is 25.4. The molecule has 1 aliphatic heterocycles. The fourth-order valence-electron chi connectivity index (χ4n) is 2.23. The maximum Gasteiger partial charge on any atom is 0.257 e. The Balaban J connectivity index is 2.05. The van der Waals surface area contributed by atoms with Gasteiger partial charge in [-0.15, -0.1) is 0 Å². The predicted molar refractivity (Wildman–Crippen MR) is 57.4 cm³/mol. The molecule has 1 amide bonds. The van der Waals surface area contributed by atoms with Crippen molar-refractivity contribution in [2.75, 3.05) is 13.1 Å². The molecule has 1 heterocycles. The van der Waals surface area contributed by atoms with Crippen molar-refractivity contribution in [1.82, 2.24) is 4.90 Å². The zero-order valence-electron chi connectivity index (χ0n) is 9.00. The van der Waals surface area contributed by atoms with E-state index in [1.165, 1.54) is 6.42 Å². The number of Topliss-reactive ketones (excluding diaryl/α,β-unsaturated/α-hetero) is 1. The van der Waals surface area contributed by atoms with Crippen LogP contribution in [0.4, 0.5) is 0 Å². The lowest BCUT2D eigenvalue weighted by molar-refractivity contribution is -0.130. The van der Waals surface area contributed by atoms with Gasteiger partial charge < -0.3 is 4.90 Å². The van der Waals surface area contributed by atoms with Crippen LogP contribution in [0.2, 0.25) is 0 Å². The minimum Gasteiger partial charge on any atom is -0.339 e. The second kappa shape index (κ2) is 4.60. The smallest absolute Gasteiger partial charge is 0.257 e. The van der Waals surface area contributed by atoms with E-state index in [1.807, 2.05) is 11.0 Å². The SMILES string of the molecule is O=C1CCCC=C1C(=O)N1CCCCC1. The molecule has 0 unspecified atom stereocenters. The quantitative estimate of drug-likeness (QED) is 0.613. The van der Waals surface area contributed by atoms with Gasteiger partial charge >= 0.3 is 0 Å². The van der Waals surface area contributed by atoms with Crippen molar-refractivity contribution in [3.05, 3.63) is 11.6 Å². The van der Waals surface area contributed by atoms with Gasteiger partial charge in [0.25, 0.3) is 5.91 Å². The van der Waals surface area contributed by atoms with Gasteiger partial charge in [-0.05, 0) is 32.1 Å². The first kappa shape index (κ1) is 10.4. The number of allylic oxidation sites excluding steroid dienone is 1. The third-order valence-corrected chi connectivity index (χ3v) is 3.13. The van der Waals surface area contributed by atoms with Crippen molar-refractivity contribution in [1.29, 1.82) is 0 Å². The molecule has 1 aliphatic carbocycles. The molecule has 3 nitrogen and oxygen atoms in total. The van der Waals surface area contributed by atoms with Crippen molar-refractivity contribution >= 4 is 11.7 Å². The Bertz CT molecular complexity index is 301. The lowest BCUT2D eigenvalue weighted by Crippen LogP contribution is -2.38. The van der Waals surface area contributed by atoms with E-state index in [2.05, 4.69) is 0 Å². The first-order valence-electron chi connectivity index (χ1n) is 5.81. The Morgan fingerprint density at radius 1 is 1.13 bits per heavy atom. The number of likely N-dealkylation sites (tertiary alicyclic amines) is 1. The Kier molecular flexibility index (Phi) is 3.19. The van der Waals surface area contributed by atoms with Gasteiger partial charge in [-0.25, -0.2) is 0 Å². The van der Waals surface area contributed by atoms with Crippen LogP contribution in [0.15, 0.2) is 11.6 Å². The van der Waals surface area contributed by atoms with Crippen molar-refractivity contribution in [2.45, 2.75) is 38.5 Å².